The molecular weight excluding hydrogens is 218 g/mol. The van der Waals surface area contributed by atoms with E-state index in [2.05, 4.69) is 0 Å². The van der Waals surface area contributed by atoms with Crippen LogP contribution in [0.25, 0.3) is 0 Å². The predicted octanol–water partition coefficient (Wildman–Crippen LogP) is 2.27. The van der Waals surface area contributed by atoms with Crippen LogP contribution < -0.4 is 5.73 Å². The molecule has 0 bridgehead atoms. The van der Waals surface area contributed by atoms with E-state index in [1.807, 2.05) is 25.1 Å². The van der Waals surface area contributed by atoms with E-state index in [-0.39, 0.29) is 11.9 Å². The number of hydrogen-bond acceptors (Lipinski definition) is 3. The molecular formula is C10H14ClNOS. The van der Waals surface area contributed by atoms with Crippen molar-refractivity contribution < 1.29 is 5.11 Å². The Labute approximate surface area is 93.5 Å². The SMILES string of the molecule is CC(CO)Sc1ccc(CN)cc1Cl. The van der Waals surface area contributed by atoms with Gasteiger partial charge in [-0.05, 0) is 17.7 Å². The number of nitrogens with two attached hydrogens (primary N) is 1. The molecule has 0 amide bonds. The first kappa shape index (κ1) is 11.9. The first-order valence-electron chi connectivity index (χ1n) is 4.43. The number of benzene rings is 1. The lowest BCUT2D eigenvalue weighted by atomic mass is 10.2. The van der Waals surface area contributed by atoms with Crippen molar-refractivity contribution in [1.82, 2.24) is 0 Å². The summed E-state index contributed by atoms with van der Waals surface area (Å²) in [6.07, 6.45) is 0. The van der Waals surface area contributed by atoms with Gasteiger partial charge in [-0.15, -0.1) is 11.8 Å². The molecule has 0 saturated carbocycles. The number of aliphatic hydroxyl groups is 1. The molecule has 78 valence electrons. The number of halogens is 1. The number of hydrogen-bond donors (Lipinski definition) is 2. The highest BCUT2D eigenvalue weighted by Crippen LogP contribution is 2.30. The Hall–Kier alpha value is -0.220. The van der Waals surface area contributed by atoms with Gasteiger partial charge in [0.25, 0.3) is 0 Å². The van der Waals surface area contributed by atoms with Gasteiger partial charge in [-0.1, -0.05) is 24.6 Å². The summed E-state index contributed by atoms with van der Waals surface area (Å²) >= 11 is 7.62. The fourth-order valence-corrected chi connectivity index (χ4v) is 2.18. The molecule has 0 aliphatic heterocycles. The predicted molar refractivity (Wildman–Crippen MR) is 61.7 cm³/mol. The molecule has 0 aliphatic carbocycles. The van der Waals surface area contributed by atoms with Crippen molar-refractivity contribution in [2.24, 2.45) is 5.73 Å². The normalized spacial score (nSPS) is 12.9. The summed E-state index contributed by atoms with van der Waals surface area (Å²) in [5.41, 5.74) is 6.51. The second-order valence-electron chi connectivity index (χ2n) is 3.08. The molecule has 0 saturated heterocycles. The molecule has 1 aromatic carbocycles. The first-order chi connectivity index (χ1) is 6.67. The van der Waals surface area contributed by atoms with Gasteiger partial charge in [0.15, 0.2) is 0 Å². The van der Waals surface area contributed by atoms with Crippen molar-refractivity contribution >= 4 is 23.4 Å². The zero-order valence-corrected chi connectivity index (χ0v) is 9.61. The third-order valence-electron chi connectivity index (χ3n) is 1.82. The van der Waals surface area contributed by atoms with E-state index in [4.69, 9.17) is 22.4 Å². The molecule has 0 fully saturated rings. The van der Waals surface area contributed by atoms with Crippen molar-refractivity contribution in [2.75, 3.05) is 6.61 Å². The highest BCUT2D eigenvalue weighted by Gasteiger charge is 2.06. The van der Waals surface area contributed by atoms with Gasteiger partial charge >= 0.3 is 0 Å². The van der Waals surface area contributed by atoms with Gasteiger partial charge in [-0.2, -0.15) is 0 Å². The van der Waals surface area contributed by atoms with Crippen LogP contribution in [0.15, 0.2) is 23.1 Å². The third-order valence-corrected chi connectivity index (χ3v) is 3.40. The molecule has 0 radical (unpaired) electrons. The summed E-state index contributed by atoms with van der Waals surface area (Å²) in [6.45, 7) is 2.61. The summed E-state index contributed by atoms with van der Waals surface area (Å²) in [5, 5.41) is 9.77. The van der Waals surface area contributed by atoms with Gasteiger partial charge in [0.2, 0.25) is 0 Å². The monoisotopic (exact) mass is 231 g/mol. The van der Waals surface area contributed by atoms with E-state index in [0.717, 1.165) is 10.5 Å². The van der Waals surface area contributed by atoms with Crippen LogP contribution in [0.4, 0.5) is 0 Å². The van der Waals surface area contributed by atoms with Gasteiger partial charge in [0.1, 0.15) is 0 Å². The number of rotatable bonds is 4. The average Bonchev–Trinajstić information content (AvgIpc) is 2.20. The largest absolute Gasteiger partial charge is 0.395 e. The average molecular weight is 232 g/mol. The van der Waals surface area contributed by atoms with Crippen molar-refractivity contribution in [2.45, 2.75) is 23.6 Å². The minimum Gasteiger partial charge on any atom is -0.395 e. The zero-order valence-electron chi connectivity index (χ0n) is 8.03. The minimum absolute atomic E-state index is 0.152. The van der Waals surface area contributed by atoms with E-state index in [1.54, 1.807) is 11.8 Å². The van der Waals surface area contributed by atoms with Crippen LogP contribution in [0.2, 0.25) is 5.02 Å². The lowest BCUT2D eigenvalue weighted by molar-refractivity contribution is 0.300. The van der Waals surface area contributed by atoms with Crippen molar-refractivity contribution in [3.05, 3.63) is 28.8 Å². The van der Waals surface area contributed by atoms with Crippen LogP contribution >= 0.6 is 23.4 Å². The second-order valence-corrected chi connectivity index (χ2v) is 4.97. The molecule has 4 heteroatoms. The van der Waals surface area contributed by atoms with E-state index in [0.29, 0.717) is 11.6 Å². The Bertz CT molecular complexity index is 306. The summed E-state index contributed by atoms with van der Waals surface area (Å²) in [4.78, 5) is 0.991. The molecule has 0 aliphatic rings. The van der Waals surface area contributed by atoms with Crippen molar-refractivity contribution in [3.8, 4) is 0 Å². The molecule has 2 nitrogen and oxygen atoms in total. The van der Waals surface area contributed by atoms with E-state index < -0.39 is 0 Å². The maximum absolute atomic E-state index is 8.90. The molecule has 1 unspecified atom stereocenters. The van der Waals surface area contributed by atoms with Crippen molar-refractivity contribution in [3.63, 3.8) is 0 Å². The van der Waals surface area contributed by atoms with Crippen LogP contribution in [0.5, 0.6) is 0 Å². The Morgan fingerprint density at radius 2 is 2.29 bits per heavy atom. The Morgan fingerprint density at radius 3 is 2.79 bits per heavy atom. The highest BCUT2D eigenvalue weighted by atomic mass is 35.5. The fourth-order valence-electron chi connectivity index (χ4n) is 1.02. The Kier molecular flexibility index (Phi) is 4.75. The van der Waals surface area contributed by atoms with Gasteiger partial charge in [-0.25, -0.2) is 0 Å². The van der Waals surface area contributed by atoms with E-state index >= 15 is 0 Å². The summed E-state index contributed by atoms with van der Waals surface area (Å²) in [5.74, 6) is 0. The molecule has 0 heterocycles. The molecule has 1 aromatic rings. The second kappa shape index (κ2) is 5.61. The maximum Gasteiger partial charge on any atom is 0.0550 e. The molecule has 0 aromatic heterocycles. The molecule has 1 atom stereocenters. The smallest absolute Gasteiger partial charge is 0.0550 e. The molecule has 3 N–H and O–H groups in total. The lowest BCUT2D eigenvalue weighted by Crippen LogP contribution is -2.02. The first-order valence-corrected chi connectivity index (χ1v) is 5.69. The third kappa shape index (κ3) is 3.17. The number of thioether (sulfide) groups is 1. The Morgan fingerprint density at radius 1 is 1.57 bits per heavy atom. The van der Waals surface area contributed by atoms with Crippen LogP contribution in [-0.2, 0) is 6.54 Å². The van der Waals surface area contributed by atoms with Crippen LogP contribution in [-0.4, -0.2) is 17.0 Å². The minimum atomic E-state index is 0.152. The Balaban J connectivity index is 2.78. The van der Waals surface area contributed by atoms with Gasteiger partial charge in [0.05, 0.1) is 11.6 Å². The van der Waals surface area contributed by atoms with Crippen LogP contribution in [0.3, 0.4) is 0 Å². The van der Waals surface area contributed by atoms with E-state index in [9.17, 15) is 0 Å². The van der Waals surface area contributed by atoms with Crippen molar-refractivity contribution in [1.29, 1.82) is 0 Å². The summed E-state index contributed by atoms with van der Waals surface area (Å²) in [6, 6.07) is 5.77. The van der Waals surface area contributed by atoms with Gasteiger partial charge < -0.3 is 10.8 Å². The van der Waals surface area contributed by atoms with E-state index in [1.165, 1.54) is 0 Å². The van der Waals surface area contributed by atoms with Gasteiger partial charge in [0, 0.05) is 16.7 Å². The standard InChI is InChI=1S/C10H14ClNOS/c1-7(6-13)14-10-3-2-8(5-12)4-9(10)11/h2-4,7,13H,5-6,12H2,1H3. The number of aliphatic hydroxyl groups excluding tert-OH is 1. The lowest BCUT2D eigenvalue weighted by Gasteiger charge is -2.09. The topological polar surface area (TPSA) is 46.2 Å². The fraction of sp³-hybridized carbons (Fsp3) is 0.400. The molecule has 14 heavy (non-hydrogen) atoms. The zero-order chi connectivity index (χ0) is 10.6. The molecule has 1 rings (SSSR count). The summed E-state index contributed by atoms with van der Waals surface area (Å²) < 4.78 is 0. The van der Waals surface area contributed by atoms with Crippen LogP contribution in [0, 0.1) is 0 Å². The molecule has 0 spiro atoms. The highest BCUT2D eigenvalue weighted by molar-refractivity contribution is 8.00. The quantitative estimate of drug-likeness (QED) is 0.782. The van der Waals surface area contributed by atoms with Gasteiger partial charge in [-0.3, -0.25) is 0 Å². The maximum atomic E-state index is 8.90. The van der Waals surface area contributed by atoms with Crippen LogP contribution in [0.1, 0.15) is 12.5 Å². The summed E-state index contributed by atoms with van der Waals surface area (Å²) in [7, 11) is 0.